The number of hydrogen-bond acceptors (Lipinski definition) is 4. The highest BCUT2D eigenvalue weighted by molar-refractivity contribution is 6.31. The van der Waals surface area contributed by atoms with Crippen LogP contribution in [0.2, 0.25) is 5.02 Å². The molecule has 0 bridgehead atoms. The molecule has 18 heavy (non-hydrogen) atoms. The van der Waals surface area contributed by atoms with Crippen molar-refractivity contribution >= 4 is 28.5 Å². The molecule has 2 aromatic rings. The summed E-state index contributed by atoms with van der Waals surface area (Å²) in [5, 5.41) is 11.3. The minimum absolute atomic E-state index is 0.126. The van der Waals surface area contributed by atoms with Gasteiger partial charge in [0.25, 0.3) is 0 Å². The van der Waals surface area contributed by atoms with Crippen LogP contribution >= 0.6 is 11.6 Å². The highest BCUT2D eigenvalue weighted by Crippen LogP contribution is 2.23. The third-order valence-corrected chi connectivity index (χ3v) is 2.62. The molecule has 0 amide bonds. The quantitative estimate of drug-likeness (QED) is 0.487. The molecule has 0 saturated heterocycles. The van der Waals surface area contributed by atoms with Crippen molar-refractivity contribution in [2.75, 3.05) is 6.61 Å². The predicted octanol–water partition coefficient (Wildman–Crippen LogP) is 2.51. The molecule has 1 aromatic heterocycles. The van der Waals surface area contributed by atoms with E-state index in [4.69, 9.17) is 16.3 Å². The maximum Gasteiger partial charge on any atom is 0.361 e. The standard InChI is InChI=1S/C11H9ClN2O4/c1-2-18-11(15)10-6-7-5-8(12)3-4-9(7)13(10)14(16)17/h3-6H,2H2,1H3. The van der Waals surface area contributed by atoms with E-state index in [1.54, 1.807) is 13.0 Å². The fraction of sp³-hybridized carbons (Fsp3) is 0.182. The number of rotatable bonds is 3. The molecule has 0 aliphatic rings. The van der Waals surface area contributed by atoms with E-state index in [-0.39, 0.29) is 12.3 Å². The van der Waals surface area contributed by atoms with Crippen LogP contribution in [0.4, 0.5) is 0 Å². The van der Waals surface area contributed by atoms with Crippen LogP contribution < -0.4 is 0 Å². The van der Waals surface area contributed by atoms with Gasteiger partial charge in [0, 0.05) is 10.4 Å². The summed E-state index contributed by atoms with van der Waals surface area (Å²) in [6.45, 7) is 1.78. The molecule has 1 heterocycles. The van der Waals surface area contributed by atoms with E-state index in [0.717, 1.165) is 0 Å². The van der Waals surface area contributed by atoms with Gasteiger partial charge in [-0.25, -0.2) is 14.9 Å². The zero-order valence-electron chi connectivity index (χ0n) is 9.42. The summed E-state index contributed by atoms with van der Waals surface area (Å²) in [4.78, 5) is 22.7. The molecule has 0 N–H and O–H groups in total. The molecular formula is C11H9ClN2O4. The maximum atomic E-state index is 11.6. The Kier molecular flexibility index (Phi) is 3.20. The molecule has 0 atom stereocenters. The number of ether oxygens (including phenoxy) is 1. The number of esters is 1. The summed E-state index contributed by atoms with van der Waals surface area (Å²) in [6.07, 6.45) is 0. The van der Waals surface area contributed by atoms with Crippen molar-refractivity contribution < 1.29 is 14.6 Å². The highest BCUT2D eigenvalue weighted by Gasteiger charge is 2.23. The number of aromatic nitrogens is 1. The number of halogens is 1. The van der Waals surface area contributed by atoms with Crippen LogP contribution in [-0.4, -0.2) is 22.3 Å². The van der Waals surface area contributed by atoms with E-state index in [2.05, 4.69) is 0 Å². The number of carbonyl (C=O) groups excluding carboxylic acids is 1. The summed E-state index contributed by atoms with van der Waals surface area (Å²) in [7, 11) is 0. The van der Waals surface area contributed by atoms with E-state index >= 15 is 0 Å². The third kappa shape index (κ3) is 2.02. The average Bonchev–Trinajstić information content (AvgIpc) is 2.67. The monoisotopic (exact) mass is 268 g/mol. The molecule has 2 rings (SSSR count). The summed E-state index contributed by atoms with van der Waals surface area (Å²) in [5.74, 6) is -0.735. The van der Waals surface area contributed by atoms with E-state index in [1.165, 1.54) is 18.2 Å². The Morgan fingerprint density at radius 1 is 1.50 bits per heavy atom. The van der Waals surface area contributed by atoms with E-state index in [1.807, 2.05) is 0 Å². The first kappa shape index (κ1) is 12.4. The van der Waals surface area contributed by atoms with Gasteiger partial charge in [0.2, 0.25) is 0 Å². The Morgan fingerprint density at radius 3 is 2.83 bits per heavy atom. The lowest BCUT2D eigenvalue weighted by molar-refractivity contribution is -0.538. The Labute approximate surface area is 107 Å². The Balaban J connectivity index is 2.68. The predicted molar refractivity (Wildman–Crippen MR) is 65.3 cm³/mol. The Hall–Kier alpha value is -2.08. The molecule has 0 unspecified atom stereocenters. The first-order chi connectivity index (χ1) is 8.54. The molecule has 0 radical (unpaired) electrons. The normalized spacial score (nSPS) is 10.6. The maximum absolute atomic E-state index is 11.6. The molecule has 1 aromatic carbocycles. The molecule has 6 nitrogen and oxygen atoms in total. The van der Waals surface area contributed by atoms with E-state index in [0.29, 0.717) is 20.6 Å². The summed E-state index contributed by atoms with van der Waals surface area (Å²) in [6, 6.07) is 5.96. The van der Waals surface area contributed by atoms with Gasteiger partial charge in [-0.05, 0) is 31.2 Å². The molecule has 94 valence electrons. The molecular weight excluding hydrogens is 260 g/mol. The third-order valence-electron chi connectivity index (χ3n) is 2.39. The van der Waals surface area contributed by atoms with Gasteiger partial charge < -0.3 is 4.74 Å². The number of nitrogens with zero attached hydrogens (tertiary/aromatic N) is 2. The van der Waals surface area contributed by atoms with Crippen LogP contribution in [-0.2, 0) is 4.74 Å². The fourth-order valence-corrected chi connectivity index (χ4v) is 1.88. The van der Waals surface area contributed by atoms with Crippen LogP contribution in [0.15, 0.2) is 24.3 Å². The van der Waals surface area contributed by atoms with Crippen molar-refractivity contribution in [3.05, 3.63) is 45.1 Å². The molecule has 0 aliphatic heterocycles. The zero-order chi connectivity index (χ0) is 13.3. The van der Waals surface area contributed by atoms with Crippen molar-refractivity contribution in [1.29, 1.82) is 0 Å². The van der Waals surface area contributed by atoms with Crippen LogP contribution in [0.5, 0.6) is 0 Å². The lowest BCUT2D eigenvalue weighted by atomic mass is 10.2. The molecule has 0 spiro atoms. The number of carbonyl (C=O) groups is 1. The second-order valence-corrected chi connectivity index (χ2v) is 3.94. The smallest absolute Gasteiger partial charge is 0.361 e. The number of hydrogen-bond donors (Lipinski definition) is 0. The van der Waals surface area contributed by atoms with Gasteiger partial charge in [-0.3, -0.25) is 0 Å². The molecule has 0 saturated carbocycles. The zero-order valence-corrected chi connectivity index (χ0v) is 10.2. The topological polar surface area (TPSA) is 74.4 Å². The number of nitro groups is 1. The van der Waals surface area contributed by atoms with E-state index < -0.39 is 11.0 Å². The van der Waals surface area contributed by atoms with Crippen LogP contribution in [0, 0.1) is 10.1 Å². The largest absolute Gasteiger partial charge is 0.461 e. The van der Waals surface area contributed by atoms with Crippen molar-refractivity contribution in [3.63, 3.8) is 0 Å². The van der Waals surface area contributed by atoms with Gasteiger partial charge in [0.1, 0.15) is 5.52 Å². The van der Waals surface area contributed by atoms with Gasteiger partial charge in [0.05, 0.1) is 6.61 Å². The lowest BCUT2D eigenvalue weighted by Gasteiger charge is -2.00. The van der Waals surface area contributed by atoms with Crippen molar-refractivity contribution in [2.24, 2.45) is 0 Å². The summed E-state index contributed by atoms with van der Waals surface area (Å²) >= 11 is 5.81. The summed E-state index contributed by atoms with van der Waals surface area (Å²) < 4.78 is 5.48. The minimum Gasteiger partial charge on any atom is -0.461 e. The number of benzene rings is 1. The molecule has 0 aliphatic carbocycles. The first-order valence-electron chi connectivity index (χ1n) is 5.17. The fourth-order valence-electron chi connectivity index (χ4n) is 1.70. The summed E-state index contributed by atoms with van der Waals surface area (Å²) in [5.41, 5.74) is 0.173. The van der Waals surface area contributed by atoms with Gasteiger partial charge in [-0.1, -0.05) is 16.3 Å². The average molecular weight is 269 g/mol. The van der Waals surface area contributed by atoms with Crippen molar-refractivity contribution in [3.8, 4) is 0 Å². The second kappa shape index (κ2) is 4.66. The molecule has 0 fully saturated rings. The van der Waals surface area contributed by atoms with Crippen LogP contribution in [0.1, 0.15) is 17.4 Å². The second-order valence-electron chi connectivity index (χ2n) is 3.50. The van der Waals surface area contributed by atoms with E-state index in [9.17, 15) is 14.9 Å². The van der Waals surface area contributed by atoms with Gasteiger partial charge in [0.15, 0.2) is 10.7 Å². The lowest BCUT2D eigenvalue weighted by Crippen LogP contribution is -2.17. The highest BCUT2D eigenvalue weighted by atomic mass is 35.5. The Bertz CT molecular complexity index is 635. The van der Waals surface area contributed by atoms with Crippen LogP contribution in [0.25, 0.3) is 10.9 Å². The number of fused-ring (bicyclic) bond motifs is 1. The molecule has 7 heteroatoms. The van der Waals surface area contributed by atoms with Gasteiger partial charge in [-0.15, -0.1) is 0 Å². The van der Waals surface area contributed by atoms with Crippen LogP contribution in [0.3, 0.4) is 0 Å². The SMILES string of the molecule is CCOC(=O)c1cc2cc(Cl)ccc2n1[N+](=O)[O-]. The van der Waals surface area contributed by atoms with Crippen molar-refractivity contribution in [2.45, 2.75) is 6.92 Å². The van der Waals surface area contributed by atoms with Crippen molar-refractivity contribution in [1.82, 2.24) is 4.68 Å². The Morgan fingerprint density at radius 2 is 2.22 bits per heavy atom. The minimum atomic E-state index is -0.735. The van der Waals surface area contributed by atoms with Gasteiger partial charge in [-0.2, -0.15) is 0 Å². The van der Waals surface area contributed by atoms with Gasteiger partial charge >= 0.3 is 5.97 Å². The first-order valence-corrected chi connectivity index (χ1v) is 5.55.